The maximum Gasteiger partial charge on any atom is 0.169 e. The Labute approximate surface area is 269 Å². The largest absolute Gasteiger partial charge is 0.344 e. The van der Waals surface area contributed by atoms with E-state index in [0.29, 0.717) is 12.2 Å². The van der Waals surface area contributed by atoms with Crippen molar-refractivity contribution < 1.29 is 9.47 Å². The second-order valence-electron chi connectivity index (χ2n) is 13.8. The smallest absolute Gasteiger partial charge is 0.169 e. The lowest BCUT2D eigenvalue weighted by Gasteiger charge is -2.29. The van der Waals surface area contributed by atoms with E-state index in [4.69, 9.17) is 9.47 Å². The molecule has 2 atom stereocenters. The molecule has 2 nitrogen and oxygen atoms in total. The molecule has 2 unspecified atom stereocenters. The van der Waals surface area contributed by atoms with E-state index in [0.717, 1.165) is 19.3 Å². The summed E-state index contributed by atoms with van der Waals surface area (Å²) in [5, 5.41) is 0. The molecule has 0 N–H and O–H groups in total. The Balaban J connectivity index is 1.46. The van der Waals surface area contributed by atoms with Gasteiger partial charge in [0.2, 0.25) is 0 Å². The predicted molar refractivity (Wildman–Crippen MR) is 190 cm³/mol. The van der Waals surface area contributed by atoms with Gasteiger partial charge in [0.05, 0.1) is 12.2 Å². The van der Waals surface area contributed by atoms with Crippen LogP contribution in [-0.2, 0) is 9.47 Å². The van der Waals surface area contributed by atoms with Gasteiger partial charge in [-0.2, -0.15) is 0 Å². The minimum absolute atomic E-state index is 0.258. The van der Waals surface area contributed by atoms with Crippen LogP contribution in [-0.4, -0.2) is 18.0 Å². The van der Waals surface area contributed by atoms with Crippen molar-refractivity contribution in [1.82, 2.24) is 0 Å². The fourth-order valence-corrected chi connectivity index (χ4v) is 6.95. The average molecular weight is 599 g/mol. The SMILES string of the molecule is CCCCC/C=C\C/C=C\CCCCCCCCC1(CCCCCCCC/C=C\CCCCCCC)OC2CCCC2O1. The Morgan fingerprint density at radius 1 is 0.442 bits per heavy atom. The molecule has 1 aliphatic carbocycles. The number of hydrogen-bond acceptors (Lipinski definition) is 2. The highest BCUT2D eigenvalue weighted by molar-refractivity contribution is 4.93. The topological polar surface area (TPSA) is 18.5 Å². The van der Waals surface area contributed by atoms with Gasteiger partial charge in [-0.15, -0.1) is 0 Å². The van der Waals surface area contributed by atoms with Crippen molar-refractivity contribution >= 4 is 0 Å². The Bertz CT molecular complexity index is 680. The van der Waals surface area contributed by atoms with E-state index in [9.17, 15) is 0 Å². The zero-order chi connectivity index (χ0) is 30.5. The van der Waals surface area contributed by atoms with E-state index >= 15 is 0 Å². The molecule has 1 heterocycles. The monoisotopic (exact) mass is 599 g/mol. The zero-order valence-corrected chi connectivity index (χ0v) is 29.1. The van der Waals surface area contributed by atoms with Crippen LogP contribution in [0.4, 0.5) is 0 Å². The fraction of sp³-hybridized carbons (Fsp3) is 0.854. The first-order valence-electron chi connectivity index (χ1n) is 19.6. The summed E-state index contributed by atoms with van der Waals surface area (Å²) < 4.78 is 13.3. The lowest BCUT2D eigenvalue weighted by atomic mass is 9.98. The van der Waals surface area contributed by atoms with Gasteiger partial charge in [-0.05, 0) is 89.9 Å². The third-order valence-electron chi connectivity index (χ3n) is 9.70. The standard InChI is InChI=1S/C41H74O2/c1-3-5-7-9-11-13-15-17-19-21-23-25-27-29-31-33-38-41(42-39-35-34-36-40(39)43-41)37-32-30-28-26-24-22-20-18-16-14-12-10-8-6-4-2/h11,13,16-19,39-40H,3-10,12,14-15,20-38H2,1-2H3/b13-11-,18-16-,19-17-. The molecule has 0 aromatic heterocycles. The summed E-state index contributed by atoms with van der Waals surface area (Å²) in [5.74, 6) is -0.258. The zero-order valence-electron chi connectivity index (χ0n) is 29.1. The predicted octanol–water partition coefficient (Wildman–Crippen LogP) is 13.9. The van der Waals surface area contributed by atoms with E-state index in [1.54, 1.807) is 0 Å². The minimum atomic E-state index is -0.258. The summed E-state index contributed by atoms with van der Waals surface area (Å²) in [4.78, 5) is 0. The van der Waals surface area contributed by atoms with Crippen molar-refractivity contribution in [3.63, 3.8) is 0 Å². The van der Waals surface area contributed by atoms with Crippen molar-refractivity contribution in [2.45, 2.75) is 224 Å². The van der Waals surface area contributed by atoms with E-state index in [2.05, 4.69) is 50.3 Å². The van der Waals surface area contributed by atoms with Gasteiger partial charge >= 0.3 is 0 Å². The summed E-state index contributed by atoms with van der Waals surface area (Å²) in [6.45, 7) is 4.56. The van der Waals surface area contributed by atoms with Crippen molar-refractivity contribution in [2.75, 3.05) is 0 Å². The van der Waals surface area contributed by atoms with Crippen molar-refractivity contribution in [3.05, 3.63) is 36.5 Å². The highest BCUT2D eigenvalue weighted by atomic mass is 16.8. The van der Waals surface area contributed by atoms with E-state index in [-0.39, 0.29) is 5.79 Å². The van der Waals surface area contributed by atoms with E-state index in [1.165, 1.54) is 173 Å². The Kier molecular flexibility index (Phi) is 24.5. The van der Waals surface area contributed by atoms with E-state index in [1.807, 2.05) is 0 Å². The molecule has 0 amide bonds. The Morgan fingerprint density at radius 2 is 0.791 bits per heavy atom. The van der Waals surface area contributed by atoms with Crippen LogP contribution in [0.5, 0.6) is 0 Å². The molecule has 0 aromatic carbocycles. The van der Waals surface area contributed by atoms with Gasteiger partial charge < -0.3 is 9.47 Å². The highest BCUT2D eigenvalue weighted by Gasteiger charge is 2.48. The van der Waals surface area contributed by atoms with E-state index < -0.39 is 0 Å². The first-order chi connectivity index (χ1) is 21.3. The molecule has 1 saturated heterocycles. The Morgan fingerprint density at radius 3 is 1.26 bits per heavy atom. The van der Waals surface area contributed by atoms with Gasteiger partial charge in [-0.1, -0.05) is 140 Å². The summed E-state index contributed by atoms with van der Waals surface area (Å²) in [7, 11) is 0. The molecular formula is C41H74O2. The van der Waals surface area contributed by atoms with Crippen LogP contribution >= 0.6 is 0 Å². The molecule has 0 bridgehead atoms. The lowest BCUT2D eigenvalue weighted by Crippen LogP contribution is -2.31. The van der Waals surface area contributed by atoms with Gasteiger partial charge in [-0.3, -0.25) is 0 Å². The Hall–Kier alpha value is -0.860. The van der Waals surface area contributed by atoms with Gasteiger partial charge in [0.1, 0.15) is 0 Å². The molecule has 2 aliphatic rings. The molecule has 0 aromatic rings. The number of fused-ring (bicyclic) bond motifs is 1. The molecule has 0 radical (unpaired) electrons. The number of allylic oxidation sites excluding steroid dienone is 6. The second kappa shape index (κ2) is 27.5. The molecule has 2 fully saturated rings. The molecule has 2 rings (SSSR count). The number of ether oxygens (including phenoxy) is 2. The lowest BCUT2D eigenvalue weighted by molar-refractivity contribution is -0.190. The highest BCUT2D eigenvalue weighted by Crippen LogP contribution is 2.43. The van der Waals surface area contributed by atoms with Crippen molar-refractivity contribution in [2.24, 2.45) is 0 Å². The number of unbranched alkanes of at least 4 members (excludes halogenated alkanes) is 20. The fourth-order valence-electron chi connectivity index (χ4n) is 6.95. The first-order valence-corrected chi connectivity index (χ1v) is 19.6. The molecule has 250 valence electrons. The quantitative estimate of drug-likeness (QED) is 0.0605. The summed E-state index contributed by atoms with van der Waals surface area (Å²) >= 11 is 0. The van der Waals surface area contributed by atoms with Crippen LogP contribution in [0, 0.1) is 0 Å². The maximum atomic E-state index is 6.67. The third kappa shape index (κ3) is 20.0. The maximum absolute atomic E-state index is 6.67. The third-order valence-corrected chi connectivity index (χ3v) is 9.70. The van der Waals surface area contributed by atoms with Crippen LogP contribution in [0.25, 0.3) is 0 Å². The molecule has 2 heteroatoms. The molecule has 1 saturated carbocycles. The normalized spacial score (nSPS) is 22.2. The number of hydrogen-bond donors (Lipinski definition) is 0. The van der Waals surface area contributed by atoms with Crippen molar-refractivity contribution in [3.8, 4) is 0 Å². The van der Waals surface area contributed by atoms with Crippen LogP contribution in [0.1, 0.15) is 206 Å². The van der Waals surface area contributed by atoms with Gasteiger partial charge in [0.15, 0.2) is 5.79 Å². The van der Waals surface area contributed by atoms with Gasteiger partial charge in [0.25, 0.3) is 0 Å². The van der Waals surface area contributed by atoms with Gasteiger partial charge in [0, 0.05) is 12.8 Å². The summed E-state index contributed by atoms with van der Waals surface area (Å²) in [5.41, 5.74) is 0. The molecule has 1 aliphatic heterocycles. The van der Waals surface area contributed by atoms with Gasteiger partial charge in [-0.25, -0.2) is 0 Å². The summed E-state index contributed by atoms with van der Waals surface area (Å²) in [6.07, 6.45) is 54.3. The number of rotatable bonds is 30. The molecule has 0 spiro atoms. The van der Waals surface area contributed by atoms with Crippen LogP contribution in [0.2, 0.25) is 0 Å². The summed E-state index contributed by atoms with van der Waals surface area (Å²) in [6, 6.07) is 0. The average Bonchev–Trinajstić information content (AvgIpc) is 3.59. The molecular weight excluding hydrogens is 524 g/mol. The van der Waals surface area contributed by atoms with Crippen molar-refractivity contribution in [1.29, 1.82) is 0 Å². The second-order valence-corrected chi connectivity index (χ2v) is 13.8. The van der Waals surface area contributed by atoms with Crippen LogP contribution < -0.4 is 0 Å². The minimum Gasteiger partial charge on any atom is -0.344 e. The van der Waals surface area contributed by atoms with Crippen LogP contribution in [0.3, 0.4) is 0 Å². The first kappa shape index (κ1) is 38.3. The molecule has 43 heavy (non-hydrogen) atoms. The van der Waals surface area contributed by atoms with Crippen LogP contribution in [0.15, 0.2) is 36.5 Å².